The van der Waals surface area contributed by atoms with Gasteiger partial charge in [0.2, 0.25) is 0 Å². The maximum atomic E-state index is 12.0. The van der Waals surface area contributed by atoms with Gasteiger partial charge in [-0.25, -0.2) is 0 Å². The van der Waals surface area contributed by atoms with Gasteiger partial charge in [-0.15, -0.1) is 12.6 Å². The van der Waals surface area contributed by atoms with Gasteiger partial charge < -0.3 is 5.32 Å². The van der Waals surface area contributed by atoms with Gasteiger partial charge >= 0.3 is 0 Å². The van der Waals surface area contributed by atoms with Gasteiger partial charge in [-0.3, -0.25) is 9.78 Å². The smallest absolute Gasteiger partial charge is 0.256 e. The van der Waals surface area contributed by atoms with Crippen molar-refractivity contribution >= 4 is 56.1 Å². The van der Waals surface area contributed by atoms with Crippen molar-refractivity contribution in [2.24, 2.45) is 0 Å². The number of nitrogens with one attached hydrogen (secondary N) is 1. The SMILES string of the molecule is O=C(Nc1cncc(Br)c1)c1ccc(Br)cc1S. The Hall–Kier alpha value is -0.850. The Morgan fingerprint density at radius 3 is 2.61 bits per heavy atom. The van der Waals surface area contributed by atoms with Crippen LogP contribution >= 0.6 is 44.5 Å². The normalized spacial score (nSPS) is 10.2. The minimum atomic E-state index is -0.215. The lowest BCUT2D eigenvalue weighted by atomic mass is 10.2. The van der Waals surface area contributed by atoms with Crippen molar-refractivity contribution in [3.05, 3.63) is 51.2 Å². The van der Waals surface area contributed by atoms with E-state index in [2.05, 4.69) is 54.8 Å². The van der Waals surface area contributed by atoms with Crippen molar-refractivity contribution in [2.45, 2.75) is 4.90 Å². The van der Waals surface area contributed by atoms with Gasteiger partial charge in [-0.05, 0) is 40.2 Å². The van der Waals surface area contributed by atoms with E-state index in [1.165, 1.54) is 0 Å². The van der Waals surface area contributed by atoms with E-state index in [4.69, 9.17) is 0 Å². The van der Waals surface area contributed by atoms with Gasteiger partial charge in [0.1, 0.15) is 0 Å². The number of aromatic nitrogens is 1. The summed E-state index contributed by atoms with van der Waals surface area (Å²) in [4.78, 5) is 16.6. The molecule has 0 unspecified atom stereocenters. The van der Waals surface area contributed by atoms with E-state index < -0.39 is 0 Å². The van der Waals surface area contributed by atoms with Gasteiger partial charge in [-0.2, -0.15) is 0 Å². The number of anilines is 1. The van der Waals surface area contributed by atoms with Crippen LogP contribution in [0.5, 0.6) is 0 Å². The Morgan fingerprint density at radius 1 is 1.17 bits per heavy atom. The molecule has 2 aromatic rings. The molecule has 0 aliphatic carbocycles. The molecule has 2 rings (SSSR count). The zero-order chi connectivity index (χ0) is 13.1. The average molecular weight is 388 g/mol. The van der Waals surface area contributed by atoms with Gasteiger partial charge in [-0.1, -0.05) is 15.9 Å². The highest BCUT2D eigenvalue weighted by molar-refractivity contribution is 9.10. The lowest BCUT2D eigenvalue weighted by Crippen LogP contribution is -2.12. The number of rotatable bonds is 2. The molecule has 0 spiro atoms. The number of hydrogen-bond acceptors (Lipinski definition) is 3. The van der Waals surface area contributed by atoms with Crippen LogP contribution in [0, 0.1) is 0 Å². The Balaban J connectivity index is 2.22. The number of pyridine rings is 1. The Kier molecular flexibility index (Phi) is 4.42. The molecule has 1 heterocycles. The fourth-order valence-corrected chi connectivity index (χ4v) is 2.59. The predicted molar refractivity (Wildman–Crippen MR) is 81.3 cm³/mol. The molecule has 0 bridgehead atoms. The highest BCUT2D eigenvalue weighted by Gasteiger charge is 2.10. The first-order chi connectivity index (χ1) is 8.56. The van der Waals surface area contributed by atoms with Crippen LogP contribution in [0.15, 0.2) is 50.5 Å². The summed E-state index contributed by atoms with van der Waals surface area (Å²) >= 11 is 10.9. The molecule has 0 atom stereocenters. The monoisotopic (exact) mass is 386 g/mol. The first-order valence-corrected chi connectivity index (χ1v) is 7.00. The van der Waals surface area contributed by atoms with E-state index in [9.17, 15) is 4.79 Å². The highest BCUT2D eigenvalue weighted by Crippen LogP contribution is 2.21. The predicted octanol–water partition coefficient (Wildman–Crippen LogP) is 4.15. The van der Waals surface area contributed by atoms with Crippen LogP contribution in [0.25, 0.3) is 0 Å². The molecule has 0 radical (unpaired) electrons. The largest absolute Gasteiger partial charge is 0.321 e. The number of hydrogen-bond donors (Lipinski definition) is 2. The van der Waals surface area contributed by atoms with E-state index in [1.54, 1.807) is 36.7 Å². The molecule has 6 heteroatoms. The molecule has 0 saturated heterocycles. The average Bonchev–Trinajstić information content (AvgIpc) is 2.28. The van der Waals surface area contributed by atoms with E-state index in [-0.39, 0.29) is 5.91 Å². The molecule has 1 amide bonds. The summed E-state index contributed by atoms with van der Waals surface area (Å²) < 4.78 is 1.69. The lowest BCUT2D eigenvalue weighted by Gasteiger charge is -2.07. The first-order valence-electron chi connectivity index (χ1n) is 4.96. The number of thiol groups is 1. The summed E-state index contributed by atoms with van der Waals surface area (Å²) in [6.07, 6.45) is 3.24. The van der Waals surface area contributed by atoms with Crippen LogP contribution < -0.4 is 5.32 Å². The van der Waals surface area contributed by atoms with Crippen molar-refractivity contribution in [3.8, 4) is 0 Å². The molecule has 0 aliphatic heterocycles. The van der Waals surface area contributed by atoms with E-state index >= 15 is 0 Å². The number of nitrogens with zero attached hydrogens (tertiary/aromatic N) is 1. The topological polar surface area (TPSA) is 42.0 Å². The zero-order valence-corrected chi connectivity index (χ0v) is 13.1. The van der Waals surface area contributed by atoms with Crippen LogP contribution in [-0.2, 0) is 0 Å². The van der Waals surface area contributed by atoms with Crippen molar-refractivity contribution < 1.29 is 4.79 Å². The summed E-state index contributed by atoms with van der Waals surface area (Å²) in [5.74, 6) is -0.215. The van der Waals surface area contributed by atoms with Crippen LogP contribution in [0.4, 0.5) is 5.69 Å². The summed E-state index contributed by atoms with van der Waals surface area (Å²) in [7, 11) is 0. The third-order valence-corrected chi connectivity index (χ3v) is 3.46. The van der Waals surface area contributed by atoms with Crippen LogP contribution in [0.2, 0.25) is 0 Å². The Morgan fingerprint density at radius 2 is 1.94 bits per heavy atom. The van der Waals surface area contributed by atoms with Crippen molar-refractivity contribution in [3.63, 3.8) is 0 Å². The third kappa shape index (κ3) is 3.34. The summed E-state index contributed by atoms with van der Waals surface area (Å²) in [6, 6.07) is 7.07. The quantitative estimate of drug-likeness (QED) is 0.760. The Labute approximate surface area is 127 Å². The van der Waals surface area contributed by atoms with Gasteiger partial charge in [0.15, 0.2) is 0 Å². The van der Waals surface area contributed by atoms with Crippen molar-refractivity contribution in [2.75, 3.05) is 5.32 Å². The number of carbonyl (C=O) groups is 1. The van der Waals surface area contributed by atoms with E-state index in [0.29, 0.717) is 16.1 Å². The second-order valence-electron chi connectivity index (χ2n) is 3.51. The van der Waals surface area contributed by atoms with Crippen LogP contribution in [0.1, 0.15) is 10.4 Å². The number of benzene rings is 1. The van der Waals surface area contributed by atoms with Crippen molar-refractivity contribution in [1.29, 1.82) is 0 Å². The first kappa shape index (κ1) is 13.6. The maximum Gasteiger partial charge on any atom is 0.256 e. The molecule has 18 heavy (non-hydrogen) atoms. The molecule has 1 N–H and O–H groups in total. The minimum Gasteiger partial charge on any atom is -0.321 e. The molecule has 0 aliphatic rings. The molecule has 0 saturated carbocycles. The molecule has 0 fully saturated rings. The van der Waals surface area contributed by atoms with Gasteiger partial charge in [0.25, 0.3) is 5.91 Å². The maximum absolute atomic E-state index is 12.0. The van der Waals surface area contributed by atoms with E-state index in [0.717, 1.165) is 8.95 Å². The third-order valence-electron chi connectivity index (χ3n) is 2.17. The highest BCUT2D eigenvalue weighted by atomic mass is 79.9. The molecule has 1 aromatic heterocycles. The zero-order valence-electron chi connectivity index (χ0n) is 9.02. The number of carbonyl (C=O) groups excluding carboxylic acids is 1. The summed E-state index contributed by atoms with van der Waals surface area (Å²) in [6.45, 7) is 0. The molecule has 3 nitrogen and oxygen atoms in total. The summed E-state index contributed by atoms with van der Waals surface area (Å²) in [5, 5.41) is 2.76. The van der Waals surface area contributed by atoms with E-state index in [1.807, 2.05) is 0 Å². The second-order valence-corrected chi connectivity index (χ2v) is 5.82. The Bertz CT molecular complexity index is 604. The van der Waals surface area contributed by atoms with Crippen molar-refractivity contribution in [1.82, 2.24) is 4.98 Å². The molecule has 1 aromatic carbocycles. The number of amides is 1. The fourth-order valence-electron chi connectivity index (χ4n) is 1.38. The van der Waals surface area contributed by atoms with Gasteiger partial charge in [0.05, 0.1) is 17.4 Å². The summed E-state index contributed by atoms with van der Waals surface area (Å²) in [5.41, 5.74) is 1.14. The fraction of sp³-hybridized carbons (Fsp3) is 0. The second kappa shape index (κ2) is 5.86. The number of halogens is 2. The molecular formula is C12H8Br2N2OS. The van der Waals surface area contributed by atoms with Gasteiger partial charge in [0, 0.05) is 20.0 Å². The minimum absolute atomic E-state index is 0.215. The lowest BCUT2D eigenvalue weighted by molar-refractivity contribution is 0.102. The molecule has 92 valence electrons. The molecular weight excluding hydrogens is 380 g/mol. The van der Waals surface area contributed by atoms with Crippen LogP contribution in [-0.4, -0.2) is 10.9 Å². The standard InChI is InChI=1S/C12H8Br2N2OS/c13-7-1-2-10(11(18)4-7)12(17)16-9-3-8(14)5-15-6-9/h1-6,18H,(H,16,17). The van der Waals surface area contributed by atoms with Crippen LogP contribution in [0.3, 0.4) is 0 Å².